The Labute approximate surface area is 285 Å². The fourth-order valence-electron chi connectivity index (χ4n) is 6.16. The van der Waals surface area contributed by atoms with E-state index in [0.29, 0.717) is 24.7 Å². The molecule has 2 aliphatic rings. The van der Waals surface area contributed by atoms with Crippen LogP contribution in [-0.2, 0) is 22.3 Å². The Morgan fingerprint density at radius 3 is 2.66 bits per heavy atom. The molecule has 3 atom stereocenters. The van der Waals surface area contributed by atoms with E-state index in [1.165, 1.54) is 29.8 Å². The molecule has 3 aromatic heterocycles. The van der Waals surface area contributed by atoms with Crippen molar-refractivity contribution in [2.24, 2.45) is 0 Å². The van der Waals surface area contributed by atoms with Gasteiger partial charge in [-0.2, -0.15) is 22.7 Å². The number of piperidine rings is 1. The van der Waals surface area contributed by atoms with E-state index in [0.717, 1.165) is 21.5 Å². The zero-order valence-electron chi connectivity index (χ0n) is 26.3. The number of rotatable bonds is 7. The van der Waals surface area contributed by atoms with Gasteiger partial charge in [0.05, 0.1) is 47.8 Å². The molecular formula is C32H30ClF4N7O6. The average Bonchev–Trinajstić information content (AvgIpc) is 3.53. The number of ether oxygens (including phenoxy) is 1. The largest absolute Gasteiger partial charge is 0.505 e. The third-order valence-electron chi connectivity index (χ3n) is 8.53. The van der Waals surface area contributed by atoms with Crippen molar-refractivity contribution in [3.05, 3.63) is 86.3 Å². The molecule has 13 nitrogen and oxygen atoms in total. The lowest BCUT2D eigenvalue weighted by molar-refractivity contribution is -0.137. The van der Waals surface area contributed by atoms with Gasteiger partial charge < -0.3 is 29.7 Å². The molecule has 1 fully saturated rings. The van der Waals surface area contributed by atoms with Crippen LogP contribution in [0.3, 0.4) is 0 Å². The van der Waals surface area contributed by atoms with Gasteiger partial charge in [-0.3, -0.25) is 14.4 Å². The minimum Gasteiger partial charge on any atom is -0.505 e. The van der Waals surface area contributed by atoms with Crippen LogP contribution in [0.4, 0.5) is 23.2 Å². The van der Waals surface area contributed by atoms with E-state index in [1.54, 1.807) is 6.08 Å². The van der Waals surface area contributed by atoms with Gasteiger partial charge in [-0.1, -0.05) is 17.7 Å². The molecule has 0 spiro atoms. The Balaban J connectivity index is 1.40. The molecule has 264 valence electrons. The number of hydrogen-bond acceptors (Lipinski definition) is 9. The molecule has 0 saturated carbocycles. The lowest BCUT2D eigenvalue weighted by Crippen LogP contribution is -2.46. The van der Waals surface area contributed by atoms with E-state index >= 15 is 4.39 Å². The molecule has 0 radical (unpaired) electrons. The summed E-state index contributed by atoms with van der Waals surface area (Å²) in [6.07, 6.45) is -4.59. The van der Waals surface area contributed by atoms with Crippen LogP contribution >= 0.6 is 11.6 Å². The van der Waals surface area contributed by atoms with Crippen molar-refractivity contribution in [1.29, 1.82) is 0 Å². The van der Waals surface area contributed by atoms with Gasteiger partial charge >= 0.3 is 6.18 Å². The highest BCUT2D eigenvalue weighted by Gasteiger charge is 2.39. The summed E-state index contributed by atoms with van der Waals surface area (Å²) in [6.45, 7) is 0.805. The van der Waals surface area contributed by atoms with Gasteiger partial charge in [-0.25, -0.2) is 9.37 Å². The second-order valence-corrected chi connectivity index (χ2v) is 12.2. The molecule has 1 aromatic carbocycles. The SMILES string of the molecule is CC(O)c1c(C2CCN(C(=O)c3ncccc3O)CC2F)c(=O)n2nc(C3=CCOCC3)nc2n1CC(=O)Nc1ccc(C(F)(F)F)cc1Cl. The summed E-state index contributed by atoms with van der Waals surface area (Å²) in [4.78, 5) is 50.3. The number of carbonyl (C=O) groups excluding carboxylic acids is 2. The first-order chi connectivity index (χ1) is 23.7. The maximum absolute atomic E-state index is 16.2. The average molecular weight is 720 g/mol. The van der Waals surface area contributed by atoms with Crippen LogP contribution in [0.5, 0.6) is 5.75 Å². The molecule has 6 rings (SSSR count). The first-order valence-corrected chi connectivity index (χ1v) is 15.8. The molecule has 0 aliphatic carbocycles. The number of halogens is 5. The fourth-order valence-corrected chi connectivity index (χ4v) is 6.39. The molecule has 0 bridgehead atoms. The molecule has 4 aromatic rings. The summed E-state index contributed by atoms with van der Waals surface area (Å²) in [6, 6.07) is 5.11. The molecule has 18 heteroatoms. The van der Waals surface area contributed by atoms with Crippen LogP contribution < -0.4 is 10.9 Å². The van der Waals surface area contributed by atoms with Gasteiger partial charge in [-0.15, -0.1) is 5.10 Å². The van der Waals surface area contributed by atoms with Gasteiger partial charge in [0.25, 0.3) is 11.5 Å². The van der Waals surface area contributed by atoms with E-state index in [2.05, 4.69) is 20.4 Å². The predicted molar refractivity (Wildman–Crippen MR) is 170 cm³/mol. The molecule has 5 heterocycles. The van der Waals surface area contributed by atoms with E-state index < -0.39 is 60.4 Å². The van der Waals surface area contributed by atoms with Gasteiger partial charge in [0, 0.05) is 24.2 Å². The number of aromatic nitrogens is 5. The van der Waals surface area contributed by atoms with Crippen molar-refractivity contribution in [2.75, 3.05) is 31.6 Å². The highest BCUT2D eigenvalue weighted by molar-refractivity contribution is 6.33. The number of aliphatic hydroxyl groups is 1. The smallest absolute Gasteiger partial charge is 0.416 e. The van der Waals surface area contributed by atoms with Gasteiger partial charge in [0.15, 0.2) is 11.5 Å². The summed E-state index contributed by atoms with van der Waals surface area (Å²) in [5.41, 5.74) is -1.87. The number of nitrogens with zero attached hydrogens (tertiary/aromatic N) is 6. The lowest BCUT2D eigenvalue weighted by atomic mass is 9.86. The monoisotopic (exact) mass is 719 g/mol. The zero-order chi connectivity index (χ0) is 35.9. The first kappa shape index (κ1) is 35.0. The second kappa shape index (κ2) is 13.8. The normalized spacial score (nSPS) is 18.9. The number of alkyl halides is 4. The number of aliphatic hydroxyl groups excluding tert-OH is 1. The summed E-state index contributed by atoms with van der Waals surface area (Å²) >= 11 is 6.06. The van der Waals surface area contributed by atoms with Crippen molar-refractivity contribution in [1.82, 2.24) is 29.0 Å². The van der Waals surface area contributed by atoms with Crippen molar-refractivity contribution >= 4 is 40.5 Å². The third-order valence-corrected chi connectivity index (χ3v) is 8.84. The highest BCUT2D eigenvalue weighted by atomic mass is 35.5. The standard InChI is InChI=1S/C32H30ClF4N7O6/c1-16(45)27-25(19-6-10-42(14-21(19)34)30(49)26-23(46)3-2-9-38-26)29(48)44-31(40-28(41-44)17-7-11-50-12-8-17)43(27)15-24(47)39-22-5-4-18(13-20(22)33)32(35,36)37/h2-5,7,9,13,16,19,21,45-46H,6,8,10-12,14-15H2,1H3,(H,39,47). The lowest BCUT2D eigenvalue weighted by Gasteiger charge is -2.35. The maximum atomic E-state index is 16.2. The Bertz CT molecular complexity index is 2060. The topological polar surface area (TPSA) is 164 Å². The second-order valence-electron chi connectivity index (χ2n) is 11.8. The fraction of sp³-hybridized carbons (Fsp3) is 0.375. The van der Waals surface area contributed by atoms with E-state index in [9.17, 15) is 37.8 Å². The predicted octanol–water partition coefficient (Wildman–Crippen LogP) is 4.13. The van der Waals surface area contributed by atoms with Crippen molar-refractivity contribution in [3.8, 4) is 5.75 Å². The molecule has 2 amide bonds. The number of pyridine rings is 1. The number of nitrogens with one attached hydrogen (secondary N) is 1. The van der Waals surface area contributed by atoms with Crippen LogP contribution in [-0.4, -0.2) is 83.6 Å². The van der Waals surface area contributed by atoms with Crippen LogP contribution in [0.15, 0.2) is 47.4 Å². The van der Waals surface area contributed by atoms with Crippen LogP contribution in [0.2, 0.25) is 5.02 Å². The third kappa shape index (κ3) is 6.80. The summed E-state index contributed by atoms with van der Waals surface area (Å²) in [5.74, 6) is -3.08. The number of aromatic hydroxyl groups is 1. The Hall–Kier alpha value is -4.87. The molecule has 3 N–H and O–H groups in total. The number of benzene rings is 1. The van der Waals surface area contributed by atoms with Crippen molar-refractivity contribution < 1.29 is 42.1 Å². The molecule has 1 saturated heterocycles. The highest BCUT2D eigenvalue weighted by Crippen LogP contribution is 2.36. The Morgan fingerprint density at radius 2 is 2.02 bits per heavy atom. The minimum absolute atomic E-state index is 0.0426. The minimum atomic E-state index is -4.67. The van der Waals surface area contributed by atoms with Crippen LogP contribution in [0.25, 0.3) is 11.4 Å². The zero-order valence-corrected chi connectivity index (χ0v) is 27.1. The van der Waals surface area contributed by atoms with E-state index in [1.807, 2.05) is 0 Å². The number of amides is 2. The van der Waals surface area contributed by atoms with Crippen LogP contribution in [0, 0.1) is 0 Å². The number of anilines is 1. The number of likely N-dealkylation sites (tertiary alicyclic amines) is 1. The number of hydrogen-bond donors (Lipinski definition) is 3. The number of carbonyl (C=O) groups is 2. The molecule has 50 heavy (non-hydrogen) atoms. The van der Waals surface area contributed by atoms with Crippen LogP contribution in [0.1, 0.15) is 64.9 Å². The quantitative estimate of drug-likeness (QED) is 0.238. The Kier molecular flexibility index (Phi) is 9.65. The summed E-state index contributed by atoms with van der Waals surface area (Å²) in [5, 5.41) is 27.7. The van der Waals surface area contributed by atoms with Gasteiger partial charge in [0.1, 0.15) is 18.5 Å². The van der Waals surface area contributed by atoms with Crippen molar-refractivity contribution in [2.45, 2.75) is 50.7 Å². The van der Waals surface area contributed by atoms with Crippen molar-refractivity contribution in [3.63, 3.8) is 0 Å². The molecule has 2 aliphatic heterocycles. The van der Waals surface area contributed by atoms with E-state index in [4.69, 9.17) is 16.3 Å². The summed E-state index contributed by atoms with van der Waals surface area (Å²) in [7, 11) is 0. The van der Waals surface area contributed by atoms with Gasteiger partial charge in [0.2, 0.25) is 11.7 Å². The molecule has 3 unspecified atom stereocenters. The van der Waals surface area contributed by atoms with E-state index in [-0.39, 0.29) is 64.6 Å². The van der Waals surface area contributed by atoms with Gasteiger partial charge in [-0.05, 0) is 55.7 Å². The maximum Gasteiger partial charge on any atom is 0.416 e. The first-order valence-electron chi connectivity index (χ1n) is 15.5. The summed E-state index contributed by atoms with van der Waals surface area (Å²) < 4.78 is 63.2. The Morgan fingerprint density at radius 1 is 1.24 bits per heavy atom. The molecular weight excluding hydrogens is 690 g/mol. The number of fused-ring (bicyclic) bond motifs is 1.